The van der Waals surface area contributed by atoms with Crippen molar-refractivity contribution < 1.29 is 23.9 Å². The molecule has 0 fully saturated rings. The average molecular weight is 354 g/mol. The van der Waals surface area contributed by atoms with Crippen molar-refractivity contribution in [2.45, 2.75) is 0 Å². The van der Waals surface area contributed by atoms with E-state index >= 15 is 0 Å². The van der Waals surface area contributed by atoms with Crippen LogP contribution < -0.4 is 14.8 Å². The molecule has 1 aliphatic rings. The molecule has 7 heteroatoms. The maximum atomic E-state index is 12.2. The summed E-state index contributed by atoms with van der Waals surface area (Å²) in [5.41, 5.74) is 0.884. The van der Waals surface area contributed by atoms with Crippen LogP contribution in [-0.4, -0.2) is 49.9 Å². The van der Waals surface area contributed by atoms with Crippen LogP contribution >= 0.6 is 0 Å². The van der Waals surface area contributed by atoms with Crippen LogP contribution in [0.15, 0.2) is 42.5 Å². The van der Waals surface area contributed by atoms with Crippen LogP contribution in [0.2, 0.25) is 0 Å². The van der Waals surface area contributed by atoms with Gasteiger partial charge in [-0.2, -0.15) is 0 Å². The normalized spacial score (nSPS) is 12.8. The first kappa shape index (κ1) is 17.5. The Hall–Kier alpha value is -3.35. The number of fused-ring (bicyclic) bond motifs is 1. The van der Waals surface area contributed by atoms with Gasteiger partial charge in [-0.15, -0.1) is 0 Å². The van der Waals surface area contributed by atoms with Crippen LogP contribution in [0, 0.1) is 0 Å². The van der Waals surface area contributed by atoms with Gasteiger partial charge in [0, 0.05) is 18.7 Å². The molecule has 2 aromatic carbocycles. The molecular formula is C19H18N2O5. The quantitative estimate of drug-likeness (QED) is 0.631. The molecule has 1 heterocycles. The van der Waals surface area contributed by atoms with Crippen molar-refractivity contribution in [3.8, 4) is 11.5 Å². The summed E-state index contributed by atoms with van der Waals surface area (Å²) in [6.45, 7) is 0.573. The molecule has 0 bridgehead atoms. The van der Waals surface area contributed by atoms with Gasteiger partial charge in [0.25, 0.3) is 17.7 Å². The highest BCUT2D eigenvalue weighted by Crippen LogP contribution is 2.22. The zero-order valence-corrected chi connectivity index (χ0v) is 14.4. The van der Waals surface area contributed by atoms with E-state index in [0.717, 1.165) is 4.90 Å². The predicted molar refractivity (Wildman–Crippen MR) is 93.7 cm³/mol. The fourth-order valence-corrected chi connectivity index (χ4v) is 2.63. The number of nitrogens with one attached hydrogen (secondary N) is 1. The number of carbonyl (C=O) groups excluding carboxylic acids is 3. The number of benzene rings is 2. The van der Waals surface area contributed by atoms with Crippen LogP contribution in [0.4, 0.5) is 0 Å². The van der Waals surface area contributed by atoms with Crippen molar-refractivity contribution in [2.24, 2.45) is 0 Å². The number of rotatable bonds is 6. The lowest BCUT2D eigenvalue weighted by molar-refractivity contribution is 0.0693. The highest BCUT2D eigenvalue weighted by Gasteiger charge is 2.33. The Morgan fingerprint density at radius 3 is 2.54 bits per heavy atom. The van der Waals surface area contributed by atoms with Crippen LogP contribution in [0.25, 0.3) is 0 Å². The van der Waals surface area contributed by atoms with Gasteiger partial charge in [-0.3, -0.25) is 19.3 Å². The van der Waals surface area contributed by atoms with E-state index in [4.69, 9.17) is 9.47 Å². The molecule has 3 rings (SSSR count). The van der Waals surface area contributed by atoms with E-state index < -0.39 is 5.91 Å². The van der Waals surface area contributed by atoms with Crippen molar-refractivity contribution in [2.75, 3.05) is 27.3 Å². The van der Waals surface area contributed by atoms with E-state index in [0.29, 0.717) is 29.2 Å². The van der Waals surface area contributed by atoms with E-state index in [2.05, 4.69) is 5.32 Å². The van der Waals surface area contributed by atoms with Crippen LogP contribution in [0.1, 0.15) is 31.1 Å². The highest BCUT2D eigenvalue weighted by atomic mass is 16.5. The van der Waals surface area contributed by atoms with Crippen molar-refractivity contribution in [1.82, 2.24) is 10.2 Å². The zero-order valence-electron chi connectivity index (χ0n) is 14.4. The molecule has 2 aromatic rings. The molecule has 1 aliphatic heterocycles. The van der Waals surface area contributed by atoms with Gasteiger partial charge < -0.3 is 14.8 Å². The number of amides is 3. The Labute approximate surface area is 150 Å². The molecule has 7 nitrogen and oxygen atoms in total. The third-order valence-electron chi connectivity index (χ3n) is 4.05. The van der Waals surface area contributed by atoms with Gasteiger partial charge in [0.15, 0.2) is 0 Å². The zero-order chi connectivity index (χ0) is 18.7. The largest absolute Gasteiger partial charge is 0.497 e. The van der Waals surface area contributed by atoms with Gasteiger partial charge in [-0.1, -0.05) is 6.07 Å². The van der Waals surface area contributed by atoms with Gasteiger partial charge in [-0.05, 0) is 30.3 Å². The standard InChI is InChI=1S/C19H18N2O5/c1-21-18(23)15-7-6-12(10-16(15)19(21)24)17(22)20-8-9-26-14-5-3-4-13(11-14)25-2/h3-7,10-11H,8-9H2,1-2H3,(H,20,22). The average Bonchev–Trinajstić information content (AvgIpc) is 2.89. The SMILES string of the molecule is COc1cccc(OCCNC(=O)c2ccc3c(c2)C(=O)N(C)C3=O)c1. The Morgan fingerprint density at radius 1 is 1.04 bits per heavy atom. The Balaban J connectivity index is 1.56. The van der Waals surface area contributed by atoms with Crippen molar-refractivity contribution in [3.63, 3.8) is 0 Å². The van der Waals surface area contributed by atoms with Gasteiger partial charge in [0.1, 0.15) is 18.1 Å². The molecule has 0 aliphatic carbocycles. The fourth-order valence-electron chi connectivity index (χ4n) is 2.63. The first-order valence-electron chi connectivity index (χ1n) is 8.02. The van der Waals surface area contributed by atoms with Gasteiger partial charge >= 0.3 is 0 Å². The number of methoxy groups -OCH3 is 1. The topological polar surface area (TPSA) is 84.9 Å². The van der Waals surface area contributed by atoms with Crippen LogP contribution in [0.5, 0.6) is 11.5 Å². The summed E-state index contributed by atoms with van der Waals surface area (Å²) in [5.74, 6) is 0.235. The summed E-state index contributed by atoms with van der Waals surface area (Å²) in [5, 5.41) is 2.72. The number of carbonyl (C=O) groups is 3. The van der Waals surface area contributed by atoms with Crippen molar-refractivity contribution >= 4 is 17.7 Å². The lowest BCUT2D eigenvalue weighted by Gasteiger charge is -2.09. The highest BCUT2D eigenvalue weighted by molar-refractivity contribution is 6.21. The van der Waals surface area contributed by atoms with Crippen molar-refractivity contribution in [3.05, 3.63) is 59.2 Å². The van der Waals surface area contributed by atoms with Crippen LogP contribution in [0.3, 0.4) is 0 Å². The third kappa shape index (κ3) is 3.37. The molecule has 0 aromatic heterocycles. The summed E-state index contributed by atoms with van der Waals surface area (Å²) in [7, 11) is 2.99. The number of hydrogen-bond donors (Lipinski definition) is 1. The number of ether oxygens (including phenoxy) is 2. The second-order valence-electron chi connectivity index (χ2n) is 5.71. The van der Waals surface area contributed by atoms with E-state index in [1.807, 2.05) is 12.1 Å². The van der Waals surface area contributed by atoms with Crippen molar-refractivity contribution in [1.29, 1.82) is 0 Å². The molecule has 3 amide bonds. The molecule has 0 saturated carbocycles. The minimum atomic E-state index is -0.402. The molecule has 26 heavy (non-hydrogen) atoms. The van der Waals surface area contributed by atoms with Gasteiger partial charge in [0.2, 0.25) is 0 Å². The Bertz CT molecular complexity index is 878. The third-order valence-corrected chi connectivity index (χ3v) is 4.05. The number of imide groups is 1. The molecule has 0 radical (unpaired) electrons. The van der Waals surface area contributed by atoms with E-state index in [-0.39, 0.29) is 24.0 Å². The van der Waals surface area contributed by atoms with Gasteiger partial charge in [0.05, 0.1) is 24.8 Å². The molecule has 0 atom stereocenters. The summed E-state index contributed by atoms with van der Waals surface area (Å²) >= 11 is 0. The van der Waals surface area contributed by atoms with Crippen LogP contribution in [-0.2, 0) is 0 Å². The molecule has 1 N–H and O–H groups in total. The molecule has 0 unspecified atom stereocenters. The number of hydrogen-bond acceptors (Lipinski definition) is 5. The first-order valence-corrected chi connectivity index (χ1v) is 8.02. The minimum Gasteiger partial charge on any atom is -0.497 e. The summed E-state index contributed by atoms with van der Waals surface area (Å²) in [6, 6.07) is 11.6. The first-order chi connectivity index (χ1) is 12.5. The second kappa shape index (κ2) is 7.26. The summed E-state index contributed by atoms with van der Waals surface area (Å²) in [6.07, 6.45) is 0. The smallest absolute Gasteiger partial charge is 0.261 e. The Morgan fingerprint density at radius 2 is 1.77 bits per heavy atom. The van der Waals surface area contributed by atoms with E-state index in [1.54, 1.807) is 19.2 Å². The molecule has 134 valence electrons. The molecular weight excluding hydrogens is 336 g/mol. The molecule has 0 spiro atoms. The summed E-state index contributed by atoms with van der Waals surface area (Å²) < 4.78 is 10.7. The maximum absolute atomic E-state index is 12.2. The number of nitrogens with zero attached hydrogens (tertiary/aromatic N) is 1. The monoisotopic (exact) mass is 354 g/mol. The van der Waals surface area contributed by atoms with Gasteiger partial charge in [-0.25, -0.2) is 0 Å². The van der Waals surface area contributed by atoms with E-state index in [9.17, 15) is 14.4 Å². The molecule has 0 saturated heterocycles. The maximum Gasteiger partial charge on any atom is 0.261 e. The van der Waals surface area contributed by atoms with E-state index in [1.165, 1.54) is 25.2 Å². The fraction of sp³-hybridized carbons (Fsp3) is 0.211. The Kier molecular flexibility index (Phi) is 4.88. The minimum absolute atomic E-state index is 0.248. The predicted octanol–water partition coefficient (Wildman–Crippen LogP) is 1.73. The summed E-state index contributed by atoms with van der Waals surface area (Å²) in [4.78, 5) is 37.1. The lowest BCUT2D eigenvalue weighted by atomic mass is 10.1. The lowest BCUT2D eigenvalue weighted by Crippen LogP contribution is -2.28. The second-order valence-corrected chi connectivity index (χ2v) is 5.71.